The summed E-state index contributed by atoms with van der Waals surface area (Å²) in [4.78, 5) is 4.43. The predicted molar refractivity (Wildman–Crippen MR) is 68.5 cm³/mol. The third-order valence-corrected chi connectivity index (χ3v) is 2.64. The van der Waals surface area contributed by atoms with E-state index in [2.05, 4.69) is 41.5 Å². The van der Waals surface area contributed by atoms with Gasteiger partial charge in [-0.25, -0.2) is 4.98 Å². The quantitative estimate of drug-likeness (QED) is 0.683. The Kier molecular flexibility index (Phi) is 5.86. The number of likely N-dealkylation sites (N-methyl/N-ethyl adjacent to an activating group) is 1. The van der Waals surface area contributed by atoms with Crippen LogP contribution in [0.15, 0.2) is 25.0 Å². The average molecular weight is 221 g/mol. The summed E-state index contributed by atoms with van der Waals surface area (Å²) in [6.45, 7) is 10.2. The molecule has 90 valence electrons. The summed E-state index contributed by atoms with van der Waals surface area (Å²) in [6, 6.07) is 0.459. The van der Waals surface area contributed by atoms with Crippen LogP contribution < -0.4 is 5.32 Å². The van der Waals surface area contributed by atoms with Crippen LogP contribution in [-0.4, -0.2) is 22.1 Å². The van der Waals surface area contributed by atoms with Crippen molar-refractivity contribution in [3.05, 3.63) is 30.9 Å². The first-order valence-electron chi connectivity index (χ1n) is 6.16. The van der Waals surface area contributed by atoms with E-state index in [9.17, 15) is 0 Å². The lowest BCUT2D eigenvalue weighted by atomic mass is 10.1. The van der Waals surface area contributed by atoms with Gasteiger partial charge in [0.05, 0.1) is 0 Å². The van der Waals surface area contributed by atoms with Gasteiger partial charge in [-0.05, 0) is 19.4 Å². The van der Waals surface area contributed by atoms with Crippen LogP contribution in [0, 0.1) is 0 Å². The van der Waals surface area contributed by atoms with Crippen molar-refractivity contribution in [3.63, 3.8) is 0 Å². The molecule has 1 N–H and O–H groups in total. The van der Waals surface area contributed by atoms with Crippen molar-refractivity contribution in [2.75, 3.05) is 6.54 Å². The van der Waals surface area contributed by atoms with Gasteiger partial charge in [-0.15, -0.1) is 6.58 Å². The number of rotatable bonds is 8. The van der Waals surface area contributed by atoms with Crippen molar-refractivity contribution in [2.45, 2.75) is 45.7 Å². The smallest absolute Gasteiger partial charge is 0.110 e. The maximum atomic E-state index is 4.43. The zero-order chi connectivity index (χ0) is 11.8. The highest BCUT2D eigenvalue weighted by atomic mass is 15.1. The average Bonchev–Trinajstić information content (AvgIpc) is 2.67. The first-order chi connectivity index (χ1) is 7.81. The number of aromatic nitrogens is 2. The molecular weight excluding hydrogens is 198 g/mol. The highest BCUT2D eigenvalue weighted by Crippen LogP contribution is 2.06. The number of imidazole rings is 1. The van der Waals surface area contributed by atoms with Gasteiger partial charge < -0.3 is 9.88 Å². The molecule has 1 unspecified atom stereocenters. The fourth-order valence-corrected chi connectivity index (χ4v) is 1.92. The van der Waals surface area contributed by atoms with Crippen LogP contribution in [-0.2, 0) is 13.0 Å². The molecule has 0 saturated carbocycles. The maximum absolute atomic E-state index is 4.43. The minimum absolute atomic E-state index is 0.459. The fraction of sp³-hybridized carbons (Fsp3) is 0.615. The van der Waals surface area contributed by atoms with Gasteiger partial charge in [-0.3, -0.25) is 0 Å². The standard InChI is InChI=1S/C13H23N3/c1-4-7-12(14-6-3)11-13-15-8-10-16(13)9-5-2/h4,8,10,12,14H,1,5-7,9,11H2,2-3H3. The Morgan fingerprint density at radius 1 is 1.56 bits per heavy atom. The Hall–Kier alpha value is -1.09. The molecule has 0 aliphatic heterocycles. The van der Waals surface area contributed by atoms with E-state index < -0.39 is 0 Å². The topological polar surface area (TPSA) is 29.9 Å². The van der Waals surface area contributed by atoms with Gasteiger partial charge in [0, 0.05) is 31.4 Å². The third-order valence-electron chi connectivity index (χ3n) is 2.64. The van der Waals surface area contributed by atoms with Gasteiger partial charge in [-0.1, -0.05) is 19.9 Å². The Labute approximate surface area is 98.6 Å². The molecule has 3 heteroatoms. The van der Waals surface area contributed by atoms with Crippen molar-refractivity contribution in [1.82, 2.24) is 14.9 Å². The predicted octanol–water partition coefficient (Wildman–Crippen LogP) is 2.39. The van der Waals surface area contributed by atoms with E-state index in [1.807, 2.05) is 12.3 Å². The first kappa shape index (κ1) is 13.0. The molecule has 1 aromatic heterocycles. The molecule has 0 aliphatic carbocycles. The number of nitrogens with zero attached hydrogens (tertiary/aromatic N) is 2. The molecule has 0 bridgehead atoms. The van der Waals surface area contributed by atoms with Crippen LogP contribution in [0.1, 0.15) is 32.5 Å². The summed E-state index contributed by atoms with van der Waals surface area (Å²) in [5.74, 6) is 1.18. The molecule has 0 spiro atoms. The third kappa shape index (κ3) is 3.81. The number of hydrogen-bond donors (Lipinski definition) is 1. The van der Waals surface area contributed by atoms with E-state index in [4.69, 9.17) is 0 Å². The zero-order valence-electron chi connectivity index (χ0n) is 10.4. The van der Waals surface area contributed by atoms with Crippen LogP contribution in [0.3, 0.4) is 0 Å². The van der Waals surface area contributed by atoms with Gasteiger partial charge in [0.15, 0.2) is 0 Å². The number of nitrogens with one attached hydrogen (secondary N) is 1. The highest BCUT2D eigenvalue weighted by molar-refractivity contribution is 4.97. The van der Waals surface area contributed by atoms with E-state index in [-0.39, 0.29) is 0 Å². The molecule has 16 heavy (non-hydrogen) atoms. The molecule has 1 atom stereocenters. The zero-order valence-corrected chi connectivity index (χ0v) is 10.4. The Morgan fingerprint density at radius 2 is 2.38 bits per heavy atom. The van der Waals surface area contributed by atoms with Crippen LogP contribution in [0.2, 0.25) is 0 Å². The second-order valence-corrected chi connectivity index (χ2v) is 4.02. The molecule has 0 amide bonds. The van der Waals surface area contributed by atoms with Gasteiger partial charge in [0.2, 0.25) is 0 Å². The molecule has 0 aromatic carbocycles. The summed E-state index contributed by atoms with van der Waals surface area (Å²) in [5.41, 5.74) is 0. The lowest BCUT2D eigenvalue weighted by Gasteiger charge is -2.16. The SMILES string of the molecule is C=CCC(Cc1nccn1CCC)NCC. The summed E-state index contributed by atoms with van der Waals surface area (Å²) in [7, 11) is 0. The summed E-state index contributed by atoms with van der Waals surface area (Å²) in [5, 5.41) is 3.47. The van der Waals surface area contributed by atoms with Gasteiger partial charge in [0.25, 0.3) is 0 Å². The molecular formula is C13H23N3. The maximum Gasteiger partial charge on any atom is 0.110 e. The van der Waals surface area contributed by atoms with E-state index in [1.165, 1.54) is 5.82 Å². The Balaban J connectivity index is 2.60. The lowest BCUT2D eigenvalue weighted by Crippen LogP contribution is -2.31. The van der Waals surface area contributed by atoms with Gasteiger partial charge >= 0.3 is 0 Å². The molecule has 0 radical (unpaired) electrons. The molecule has 0 fully saturated rings. The van der Waals surface area contributed by atoms with E-state index in [0.717, 1.165) is 32.4 Å². The van der Waals surface area contributed by atoms with Crippen LogP contribution in [0.5, 0.6) is 0 Å². The number of hydrogen-bond acceptors (Lipinski definition) is 2. The van der Waals surface area contributed by atoms with Gasteiger partial charge in [-0.2, -0.15) is 0 Å². The lowest BCUT2D eigenvalue weighted by molar-refractivity contribution is 0.501. The molecule has 3 nitrogen and oxygen atoms in total. The summed E-state index contributed by atoms with van der Waals surface area (Å²) in [6.07, 6.45) is 9.05. The Bertz CT molecular complexity index is 304. The highest BCUT2D eigenvalue weighted by Gasteiger charge is 2.10. The summed E-state index contributed by atoms with van der Waals surface area (Å²) < 4.78 is 2.24. The van der Waals surface area contributed by atoms with E-state index in [0.29, 0.717) is 6.04 Å². The van der Waals surface area contributed by atoms with Crippen molar-refractivity contribution >= 4 is 0 Å². The minimum Gasteiger partial charge on any atom is -0.335 e. The second kappa shape index (κ2) is 7.23. The van der Waals surface area contributed by atoms with Crippen LogP contribution in [0.25, 0.3) is 0 Å². The van der Waals surface area contributed by atoms with Crippen LogP contribution >= 0.6 is 0 Å². The van der Waals surface area contributed by atoms with Crippen molar-refractivity contribution in [3.8, 4) is 0 Å². The normalized spacial score (nSPS) is 12.6. The minimum atomic E-state index is 0.459. The molecule has 1 rings (SSSR count). The molecule has 0 saturated heterocycles. The second-order valence-electron chi connectivity index (χ2n) is 4.02. The van der Waals surface area contributed by atoms with E-state index >= 15 is 0 Å². The van der Waals surface area contributed by atoms with Crippen LogP contribution in [0.4, 0.5) is 0 Å². The number of aryl methyl sites for hydroxylation is 1. The molecule has 1 heterocycles. The molecule has 0 aliphatic rings. The monoisotopic (exact) mass is 221 g/mol. The Morgan fingerprint density at radius 3 is 3.00 bits per heavy atom. The largest absolute Gasteiger partial charge is 0.335 e. The van der Waals surface area contributed by atoms with E-state index in [1.54, 1.807) is 0 Å². The van der Waals surface area contributed by atoms with Crippen molar-refractivity contribution < 1.29 is 0 Å². The fourth-order valence-electron chi connectivity index (χ4n) is 1.92. The summed E-state index contributed by atoms with van der Waals surface area (Å²) >= 11 is 0. The van der Waals surface area contributed by atoms with Gasteiger partial charge in [0.1, 0.15) is 5.82 Å². The van der Waals surface area contributed by atoms with Crippen molar-refractivity contribution in [2.24, 2.45) is 0 Å². The molecule has 1 aromatic rings. The van der Waals surface area contributed by atoms with Crippen molar-refractivity contribution in [1.29, 1.82) is 0 Å². The first-order valence-corrected chi connectivity index (χ1v) is 6.16.